The fourth-order valence-corrected chi connectivity index (χ4v) is 4.19. The van der Waals surface area contributed by atoms with E-state index < -0.39 is 0 Å². The van der Waals surface area contributed by atoms with Gasteiger partial charge in [-0.1, -0.05) is 121 Å². The zero-order valence-corrected chi connectivity index (χ0v) is 24.1. The minimum Gasteiger partial charge on any atom is -0.511 e. The number of allylic oxidation sites excluding steroid dienone is 4. The van der Waals surface area contributed by atoms with Gasteiger partial charge >= 0.3 is 0 Å². The molecule has 1 aliphatic rings. The summed E-state index contributed by atoms with van der Waals surface area (Å²) in [5.41, 5.74) is 4.39. The highest BCUT2D eigenvalue weighted by atomic mass is 16.3. The molecule has 2 rings (SSSR count). The molecule has 0 aliphatic heterocycles. The van der Waals surface area contributed by atoms with Crippen molar-refractivity contribution in [2.75, 3.05) is 0 Å². The average Bonchev–Trinajstić information content (AvgIpc) is 2.61. The van der Waals surface area contributed by atoms with Crippen LogP contribution in [0.15, 0.2) is 35.6 Å². The molecule has 2 nitrogen and oxygen atoms in total. The van der Waals surface area contributed by atoms with Crippen LogP contribution in [0, 0.1) is 16.2 Å². The van der Waals surface area contributed by atoms with Gasteiger partial charge in [-0.25, -0.2) is 0 Å². The first-order valence-electron chi connectivity index (χ1n) is 12.5. The summed E-state index contributed by atoms with van der Waals surface area (Å²) in [5.74, 6) is 1.05. The fourth-order valence-electron chi connectivity index (χ4n) is 4.19. The normalized spacial score (nSPS) is 19.9. The molecule has 2 heteroatoms. The van der Waals surface area contributed by atoms with E-state index in [9.17, 15) is 10.2 Å². The fraction of sp³-hybridized carbons (Fsp3) is 0.677. The average molecular weight is 457 g/mol. The van der Waals surface area contributed by atoms with Crippen LogP contribution in [0.5, 0.6) is 5.75 Å². The summed E-state index contributed by atoms with van der Waals surface area (Å²) in [4.78, 5) is 0. The molecular formula is C31H52O2. The number of aliphatic hydroxyl groups is 1. The molecule has 2 N–H and O–H groups in total. The zero-order chi connectivity index (χ0) is 26.2. The lowest BCUT2D eigenvalue weighted by Crippen LogP contribution is -2.37. The summed E-state index contributed by atoms with van der Waals surface area (Å²) < 4.78 is 0. The molecule has 0 spiro atoms. The number of hydrogen-bond acceptors (Lipinski definition) is 2. The summed E-state index contributed by atoms with van der Waals surface area (Å²) in [6, 6.07) is 4.29. The van der Waals surface area contributed by atoms with Crippen LogP contribution in [0.1, 0.15) is 120 Å². The topological polar surface area (TPSA) is 40.5 Å². The Balaban J connectivity index is 0.000000331. The minimum absolute atomic E-state index is 0.00745. The largest absolute Gasteiger partial charge is 0.511 e. The van der Waals surface area contributed by atoms with Crippen molar-refractivity contribution in [2.45, 2.75) is 121 Å². The predicted molar refractivity (Wildman–Crippen MR) is 145 cm³/mol. The number of aliphatic hydroxyl groups excluding tert-OH is 1. The van der Waals surface area contributed by atoms with Crippen molar-refractivity contribution in [3.8, 4) is 5.75 Å². The van der Waals surface area contributed by atoms with Crippen molar-refractivity contribution >= 4 is 0 Å². The van der Waals surface area contributed by atoms with E-state index in [1.54, 1.807) is 0 Å². The van der Waals surface area contributed by atoms with Gasteiger partial charge in [0, 0.05) is 5.41 Å². The quantitative estimate of drug-likeness (QED) is 0.442. The molecule has 188 valence electrons. The molecule has 0 bridgehead atoms. The van der Waals surface area contributed by atoms with E-state index >= 15 is 0 Å². The minimum atomic E-state index is -0.148. The third-order valence-corrected chi connectivity index (χ3v) is 7.25. The lowest BCUT2D eigenvalue weighted by molar-refractivity contribution is 0.0883. The second-order valence-corrected chi connectivity index (χ2v) is 14.1. The Labute approximate surface area is 205 Å². The highest BCUT2D eigenvalue weighted by Gasteiger charge is 2.44. The molecule has 0 radical (unpaired) electrons. The number of benzene rings is 1. The van der Waals surface area contributed by atoms with E-state index in [2.05, 4.69) is 121 Å². The van der Waals surface area contributed by atoms with Crippen LogP contribution >= 0.6 is 0 Å². The number of phenolic OH excluding ortho intramolecular Hbond substituents is 1. The van der Waals surface area contributed by atoms with Crippen molar-refractivity contribution in [3.05, 3.63) is 52.3 Å². The standard InChI is InChI=1S/C16H26O.C15H26O/c1-8-11-9-12(15(2,3)4)14(17)13(10-11)16(5,6)7;1-13(2,3)11-9-8-10-15(7,12(11)16)14(4,5)6/h9-10,17H,8H2,1-7H3;8-9,16H,10H2,1-7H3. The lowest BCUT2D eigenvalue weighted by atomic mass is 9.61. The van der Waals surface area contributed by atoms with E-state index in [-0.39, 0.29) is 27.1 Å². The van der Waals surface area contributed by atoms with Crippen molar-refractivity contribution in [1.82, 2.24) is 0 Å². The first-order chi connectivity index (χ1) is 14.6. The Morgan fingerprint density at radius 2 is 1.18 bits per heavy atom. The third-order valence-electron chi connectivity index (χ3n) is 7.25. The Morgan fingerprint density at radius 3 is 1.48 bits per heavy atom. The third kappa shape index (κ3) is 6.67. The lowest BCUT2D eigenvalue weighted by Gasteiger charge is -2.44. The van der Waals surface area contributed by atoms with Gasteiger partial charge in [0.2, 0.25) is 0 Å². The smallest absolute Gasteiger partial charge is 0.123 e. The van der Waals surface area contributed by atoms with E-state index in [1.807, 2.05) is 0 Å². The van der Waals surface area contributed by atoms with Gasteiger partial charge in [-0.15, -0.1) is 0 Å². The number of aryl methyl sites for hydroxylation is 1. The number of phenols is 1. The first-order valence-corrected chi connectivity index (χ1v) is 12.5. The Bertz CT molecular complexity index is 852. The summed E-state index contributed by atoms with van der Waals surface area (Å²) in [7, 11) is 0. The molecule has 0 amide bonds. The Kier molecular flexibility index (Phi) is 8.45. The van der Waals surface area contributed by atoms with Gasteiger partial charge in [0.15, 0.2) is 0 Å². The van der Waals surface area contributed by atoms with Crippen molar-refractivity contribution in [2.24, 2.45) is 16.2 Å². The molecule has 33 heavy (non-hydrogen) atoms. The Hall–Kier alpha value is -1.70. The van der Waals surface area contributed by atoms with Gasteiger partial charge in [-0.05, 0) is 56.8 Å². The highest BCUT2D eigenvalue weighted by Crippen LogP contribution is 2.51. The van der Waals surface area contributed by atoms with Crippen molar-refractivity contribution in [3.63, 3.8) is 0 Å². The summed E-state index contributed by atoms with van der Waals surface area (Å²) in [5, 5.41) is 21.1. The van der Waals surface area contributed by atoms with E-state index in [0.29, 0.717) is 11.5 Å². The van der Waals surface area contributed by atoms with Crippen LogP contribution in [0.2, 0.25) is 0 Å². The van der Waals surface area contributed by atoms with Crippen LogP contribution in [-0.2, 0) is 17.3 Å². The molecule has 1 aliphatic carbocycles. The summed E-state index contributed by atoms with van der Waals surface area (Å²) >= 11 is 0. The maximum absolute atomic E-state index is 10.6. The molecule has 0 heterocycles. The molecule has 0 saturated heterocycles. The van der Waals surface area contributed by atoms with Crippen LogP contribution in [0.25, 0.3) is 0 Å². The SMILES string of the molecule is CC(C)(C)C1=C(O)C(C)(C(C)(C)C)CC=C1.CCc1cc(C(C)(C)C)c(O)c(C(C)(C)C)c1. The van der Waals surface area contributed by atoms with Crippen LogP contribution in [0.3, 0.4) is 0 Å². The summed E-state index contributed by atoms with van der Waals surface area (Å²) in [6.45, 7) is 30.2. The molecule has 1 atom stereocenters. The second-order valence-electron chi connectivity index (χ2n) is 14.1. The number of aromatic hydroxyl groups is 1. The van der Waals surface area contributed by atoms with Gasteiger partial charge in [0.1, 0.15) is 11.5 Å². The van der Waals surface area contributed by atoms with Crippen LogP contribution in [0.4, 0.5) is 0 Å². The van der Waals surface area contributed by atoms with Crippen LogP contribution < -0.4 is 0 Å². The number of rotatable bonds is 1. The predicted octanol–water partition coefficient (Wildman–Crippen LogP) is 9.41. The molecule has 1 unspecified atom stereocenters. The van der Waals surface area contributed by atoms with E-state index in [1.165, 1.54) is 5.56 Å². The number of hydrogen-bond donors (Lipinski definition) is 2. The van der Waals surface area contributed by atoms with E-state index in [4.69, 9.17) is 0 Å². The Morgan fingerprint density at radius 1 is 0.758 bits per heavy atom. The van der Waals surface area contributed by atoms with Gasteiger partial charge < -0.3 is 10.2 Å². The van der Waals surface area contributed by atoms with Crippen molar-refractivity contribution in [1.29, 1.82) is 0 Å². The molecule has 0 aromatic heterocycles. The molecule has 0 fully saturated rings. The van der Waals surface area contributed by atoms with Gasteiger partial charge in [-0.3, -0.25) is 0 Å². The van der Waals surface area contributed by atoms with Gasteiger partial charge in [0.25, 0.3) is 0 Å². The molecule has 1 aromatic rings. The molecular weight excluding hydrogens is 404 g/mol. The van der Waals surface area contributed by atoms with E-state index in [0.717, 1.165) is 29.5 Å². The summed E-state index contributed by atoms with van der Waals surface area (Å²) in [6.07, 6.45) is 6.21. The maximum atomic E-state index is 10.6. The highest BCUT2D eigenvalue weighted by molar-refractivity contribution is 5.49. The maximum Gasteiger partial charge on any atom is 0.123 e. The molecule has 1 aromatic carbocycles. The first kappa shape index (κ1) is 29.3. The monoisotopic (exact) mass is 456 g/mol. The zero-order valence-electron chi connectivity index (χ0n) is 24.1. The second kappa shape index (κ2) is 9.51. The van der Waals surface area contributed by atoms with Gasteiger partial charge in [-0.2, -0.15) is 0 Å². The van der Waals surface area contributed by atoms with Gasteiger partial charge in [0.05, 0.1) is 0 Å². The molecule has 0 saturated carbocycles. The van der Waals surface area contributed by atoms with Crippen LogP contribution in [-0.4, -0.2) is 10.2 Å². The van der Waals surface area contributed by atoms with Crippen molar-refractivity contribution < 1.29 is 10.2 Å².